The topological polar surface area (TPSA) is 150 Å². The summed E-state index contributed by atoms with van der Waals surface area (Å²) in [5.41, 5.74) is 0. The molecular weight excluding hydrogens is 354 g/mol. The quantitative estimate of drug-likeness (QED) is 0.231. The van der Waals surface area contributed by atoms with E-state index in [2.05, 4.69) is 10.1 Å². The summed E-state index contributed by atoms with van der Waals surface area (Å²) in [6.45, 7) is 2.20. The van der Waals surface area contributed by atoms with Crippen molar-refractivity contribution in [3.8, 4) is 0 Å². The van der Waals surface area contributed by atoms with Gasteiger partial charge in [0.2, 0.25) is 5.91 Å². The molecule has 0 saturated heterocycles. The summed E-state index contributed by atoms with van der Waals surface area (Å²) in [5, 5.41) is 19.2. The van der Waals surface area contributed by atoms with Crippen LogP contribution >= 0.6 is 0 Å². The number of amides is 1. The zero-order chi connectivity index (χ0) is 19.5. The van der Waals surface area contributed by atoms with Crippen molar-refractivity contribution >= 4 is 17.8 Å². The minimum absolute atomic E-state index is 0.0225. The summed E-state index contributed by atoms with van der Waals surface area (Å²) in [5.74, 6) is -2.43. The average Bonchev–Trinajstić information content (AvgIpc) is 2.57. The standard InChI is InChI=1S/C15H27NO10/c17-13(11-26-12-15(20)21)16-2-4-23-6-8-25-10-9-24-7-5-22-3-1-14(18)19/h1-12H2,(H,16,17)(H,18,19)(H,20,21). The first kappa shape index (κ1) is 24.2. The molecule has 0 aromatic heterocycles. The van der Waals surface area contributed by atoms with Crippen LogP contribution in [0.25, 0.3) is 0 Å². The molecule has 0 spiro atoms. The third-order valence-electron chi connectivity index (χ3n) is 2.60. The van der Waals surface area contributed by atoms with Crippen LogP contribution in [0.2, 0.25) is 0 Å². The maximum absolute atomic E-state index is 11.2. The Kier molecular flexibility index (Phi) is 16.8. The molecule has 0 atom stereocenters. The Bertz CT molecular complexity index is 391. The first-order chi connectivity index (χ1) is 12.5. The van der Waals surface area contributed by atoms with Crippen LogP contribution in [-0.2, 0) is 38.1 Å². The fraction of sp³-hybridized carbons (Fsp3) is 0.800. The molecule has 0 aliphatic carbocycles. The number of ether oxygens (including phenoxy) is 5. The van der Waals surface area contributed by atoms with Gasteiger partial charge in [-0.3, -0.25) is 9.59 Å². The number of carboxylic acids is 2. The Balaban J connectivity index is 3.14. The molecule has 1 amide bonds. The molecule has 3 N–H and O–H groups in total. The zero-order valence-electron chi connectivity index (χ0n) is 14.6. The zero-order valence-corrected chi connectivity index (χ0v) is 14.6. The summed E-state index contributed by atoms with van der Waals surface area (Å²) in [6.07, 6.45) is -0.0225. The minimum Gasteiger partial charge on any atom is -0.481 e. The molecule has 0 aromatic rings. The van der Waals surface area contributed by atoms with Crippen LogP contribution in [0.5, 0.6) is 0 Å². The molecule has 0 rings (SSSR count). The van der Waals surface area contributed by atoms with Crippen molar-refractivity contribution < 1.29 is 48.3 Å². The molecular formula is C15H27NO10. The van der Waals surface area contributed by atoms with E-state index in [0.29, 0.717) is 52.8 Å². The van der Waals surface area contributed by atoms with Crippen LogP contribution in [0, 0.1) is 0 Å². The normalized spacial score (nSPS) is 10.6. The van der Waals surface area contributed by atoms with Crippen LogP contribution in [0.15, 0.2) is 0 Å². The highest BCUT2D eigenvalue weighted by Gasteiger charge is 2.03. The Morgan fingerprint density at radius 1 is 0.615 bits per heavy atom. The van der Waals surface area contributed by atoms with Gasteiger partial charge in [0, 0.05) is 6.54 Å². The van der Waals surface area contributed by atoms with Gasteiger partial charge in [0.25, 0.3) is 0 Å². The molecule has 0 heterocycles. The SMILES string of the molecule is O=C(O)CCOCCOCCOCCOCCNC(=O)COCC(=O)O. The second kappa shape index (κ2) is 18.0. The van der Waals surface area contributed by atoms with Gasteiger partial charge < -0.3 is 39.2 Å². The Morgan fingerprint density at radius 3 is 1.62 bits per heavy atom. The molecule has 0 saturated carbocycles. The molecule has 0 radical (unpaired) electrons. The molecule has 11 heteroatoms. The highest BCUT2D eigenvalue weighted by atomic mass is 16.6. The van der Waals surface area contributed by atoms with Crippen molar-refractivity contribution in [2.75, 3.05) is 72.6 Å². The van der Waals surface area contributed by atoms with E-state index in [4.69, 9.17) is 29.2 Å². The van der Waals surface area contributed by atoms with Crippen LogP contribution in [-0.4, -0.2) is 101 Å². The molecule has 0 aliphatic rings. The molecule has 0 aliphatic heterocycles. The monoisotopic (exact) mass is 381 g/mol. The summed E-state index contributed by atoms with van der Waals surface area (Å²) in [6, 6.07) is 0. The molecule has 11 nitrogen and oxygen atoms in total. The van der Waals surface area contributed by atoms with Crippen LogP contribution in [0.4, 0.5) is 0 Å². The van der Waals surface area contributed by atoms with Crippen molar-refractivity contribution in [1.82, 2.24) is 5.32 Å². The fourth-order valence-corrected chi connectivity index (χ4v) is 1.47. The van der Waals surface area contributed by atoms with Gasteiger partial charge in [-0.25, -0.2) is 4.79 Å². The third-order valence-corrected chi connectivity index (χ3v) is 2.60. The molecule has 0 aromatic carbocycles. The number of carboxylic acid groups (broad SMARTS) is 2. The van der Waals surface area contributed by atoms with Gasteiger partial charge in [0.15, 0.2) is 0 Å². The number of nitrogens with one attached hydrogen (secondary N) is 1. The Morgan fingerprint density at radius 2 is 1.12 bits per heavy atom. The van der Waals surface area contributed by atoms with E-state index in [9.17, 15) is 14.4 Å². The van der Waals surface area contributed by atoms with E-state index < -0.39 is 24.5 Å². The smallest absolute Gasteiger partial charge is 0.329 e. The van der Waals surface area contributed by atoms with E-state index in [1.54, 1.807) is 0 Å². The van der Waals surface area contributed by atoms with Crippen molar-refractivity contribution in [1.29, 1.82) is 0 Å². The number of carbonyl (C=O) groups is 3. The average molecular weight is 381 g/mol. The van der Waals surface area contributed by atoms with E-state index in [1.165, 1.54) is 0 Å². The molecule has 0 fully saturated rings. The van der Waals surface area contributed by atoms with Gasteiger partial charge in [0.1, 0.15) is 13.2 Å². The van der Waals surface area contributed by atoms with Gasteiger partial charge in [-0.05, 0) is 0 Å². The fourth-order valence-electron chi connectivity index (χ4n) is 1.47. The first-order valence-electron chi connectivity index (χ1n) is 8.11. The summed E-state index contributed by atoms with van der Waals surface area (Å²) in [7, 11) is 0. The molecule has 0 unspecified atom stereocenters. The van der Waals surface area contributed by atoms with Gasteiger partial charge in [-0.15, -0.1) is 0 Å². The van der Waals surface area contributed by atoms with Crippen LogP contribution in [0.3, 0.4) is 0 Å². The second-order valence-electron chi connectivity index (χ2n) is 4.83. The largest absolute Gasteiger partial charge is 0.481 e. The molecule has 26 heavy (non-hydrogen) atoms. The predicted molar refractivity (Wildman–Crippen MR) is 87.0 cm³/mol. The van der Waals surface area contributed by atoms with Crippen LogP contribution in [0.1, 0.15) is 6.42 Å². The van der Waals surface area contributed by atoms with Gasteiger partial charge >= 0.3 is 11.9 Å². The van der Waals surface area contributed by atoms with Crippen LogP contribution < -0.4 is 5.32 Å². The Labute approximate surface area is 151 Å². The van der Waals surface area contributed by atoms with Crippen molar-refractivity contribution in [3.05, 3.63) is 0 Å². The summed E-state index contributed by atoms with van der Waals surface area (Å²) < 4.78 is 25.4. The van der Waals surface area contributed by atoms with E-state index in [-0.39, 0.29) is 19.6 Å². The number of carbonyl (C=O) groups excluding carboxylic acids is 1. The van der Waals surface area contributed by atoms with Crippen molar-refractivity contribution in [2.24, 2.45) is 0 Å². The second-order valence-corrected chi connectivity index (χ2v) is 4.83. The lowest BCUT2D eigenvalue weighted by Crippen LogP contribution is -2.31. The van der Waals surface area contributed by atoms with Gasteiger partial charge in [-0.2, -0.15) is 0 Å². The number of hydrogen-bond acceptors (Lipinski definition) is 8. The van der Waals surface area contributed by atoms with Crippen molar-refractivity contribution in [2.45, 2.75) is 6.42 Å². The number of aliphatic carboxylic acids is 2. The first-order valence-corrected chi connectivity index (χ1v) is 8.11. The highest BCUT2D eigenvalue weighted by Crippen LogP contribution is 1.85. The molecule has 152 valence electrons. The maximum Gasteiger partial charge on any atom is 0.329 e. The lowest BCUT2D eigenvalue weighted by atomic mass is 10.5. The van der Waals surface area contributed by atoms with E-state index in [1.807, 2.05) is 0 Å². The number of hydrogen-bond donors (Lipinski definition) is 3. The molecule has 0 bridgehead atoms. The van der Waals surface area contributed by atoms with E-state index in [0.717, 1.165) is 0 Å². The Hall–Kier alpha value is -1.79. The lowest BCUT2D eigenvalue weighted by Gasteiger charge is -2.08. The van der Waals surface area contributed by atoms with Gasteiger partial charge in [0.05, 0.1) is 59.3 Å². The van der Waals surface area contributed by atoms with E-state index >= 15 is 0 Å². The van der Waals surface area contributed by atoms with Gasteiger partial charge in [-0.1, -0.05) is 0 Å². The maximum atomic E-state index is 11.2. The predicted octanol–water partition coefficient (Wildman–Crippen LogP) is -1.26. The summed E-state index contributed by atoms with van der Waals surface area (Å²) in [4.78, 5) is 31.6. The highest BCUT2D eigenvalue weighted by molar-refractivity contribution is 5.77. The minimum atomic E-state index is -1.13. The lowest BCUT2D eigenvalue weighted by molar-refractivity contribution is -0.143. The third kappa shape index (κ3) is 20.3. The van der Waals surface area contributed by atoms with Crippen molar-refractivity contribution in [3.63, 3.8) is 0 Å². The number of rotatable bonds is 19. The summed E-state index contributed by atoms with van der Waals surface area (Å²) >= 11 is 0.